The van der Waals surface area contributed by atoms with Gasteiger partial charge in [0.2, 0.25) is 5.91 Å². The molecule has 1 fully saturated rings. The van der Waals surface area contributed by atoms with Gasteiger partial charge in [0.25, 0.3) is 5.91 Å². The number of thioether (sulfide) groups is 1. The third-order valence-corrected chi connectivity index (χ3v) is 6.07. The Morgan fingerprint density at radius 2 is 2.00 bits per heavy atom. The molecular formula is C21H32N2O2S. The van der Waals surface area contributed by atoms with Crippen LogP contribution in [0.15, 0.2) is 24.3 Å². The lowest BCUT2D eigenvalue weighted by Crippen LogP contribution is -2.50. The molecular weight excluding hydrogens is 344 g/mol. The summed E-state index contributed by atoms with van der Waals surface area (Å²) in [5, 5.41) is 3.10. The van der Waals surface area contributed by atoms with Gasteiger partial charge >= 0.3 is 0 Å². The smallest absolute Gasteiger partial charge is 0.255 e. The van der Waals surface area contributed by atoms with Crippen molar-refractivity contribution < 1.29 is 9.59 Å². The maximum absolute atomic E-state index is 13.3. The topological polar surface area (TPSA) is 49.4 Å². The molecule has 1 saturated heterocycles. The quantitative estimate of drug-likeness (QED) is 0.691. The Balaban J connectivity index is 2.17. The Bertz CT molecular complexity index is 618. The van der Waals surface area contributed by atoms with Crippen LogP contribution in [-0.2, 0) is 4.79 Å². The van der Waals surface area contributed by atoms with E-state index < -0.39 is 0 Å². The summed E-state index contributed by atoms with van der Waals surface area (Å²) in [6.07, 6.45) is 4.14. The van der Waals surface area contributed by atoms with E-state index in [9.17, 15) is 9.59 Å². The van der Waals surface area contributed by atoms with Gasteiger partial charge in [-0.2, -0.15) is 0 Å². The van der Waals surface area contributed by atoms with Gasteiger partial charge in [-0.05, 0) is 37.3 Å². The second-order valence-corrected chi connectivity index (χ2v) is 8.67. The van der Waals surface area contributed by atoms with Crippen LogP contribution in [0.25, 0.3) is 0 Å². The van der Waals surface area contributed by atoms with Crippen LogP contribution in [-0.4, -0.2) is 40.4 Å². The first-order valence-corrected chi connectivity index (χ1v) is 10.8. The highest BCUT2D eigenvalue weighted by molar-refractivity contribution is 8.00. The van der Waals surface area contributed by atoms with E-state index in [1.54, 1.807) is 11.8 Å². The van der Waals surface area contributed by atoms with Crippen molar-refractivity contribution in [3.63, 3.8) is 0 Å². The van der Waals surface area contributed by atoms with E-state index in [4.69, 9.17) is 0 Å². The van der Waals surface area contributed by atoms with E-state index in [0.717, 1.165) is 31.2 Å². The first-order valence-electron chi connectivity index (χ1n) is 9.73. The summed E-state index contributed by atoms with van der Waals surface area (Å²) in [6, 6.07) is 7.27. The number of aryl methyl sites for hydroxylation is 1. The second-order valence-electron chi connectivity index (χ2n) is 7.46. The average Bonchev–Trinajstić information content (AvgIpc) is 3.01. The lowest BCUT2D eigenvalue weighted by atomic mass is 10.0. The Hall–Kier alpha value is -1.49. The van der Waals surface area contributed by atoms with E-state index in [-0.39, 0.29) is 23.2 Å². The largest absolute Gasteiger partial charge is 0.354 e. The number of nitrogens with one attached hydrogen (secondary N) is 1. The van der Waals surface area contributed by atoms with Crippen LogP contribution in [0.5, 0.6) is 0 Å². The monoisotopic (exact) mass is 376 g/mol. The third kappa shape index (κ3) is 5.26. The normalized spacial score (nSPS) is 19.8. The molecule has 1 heterocycles. The first-order chi connectivity index (χ1) is 12.5. The van der Waals surface area contributed by atoms with Gasteiger partial charge in [-0.1, -0.05) is 51.8 Å². The molecule has 144 valence electrons. The van der Waals surface area contributed by atoms with Crippen LogP contribution in [0.1, 0.15) is 62.4 Å². The number of carbonyl (C=O) groups excluding carboxylic acids is 2. The Kier molecular flexibility index (Phi) is 8.01. The molecule has 0 aromatic heterocycles. The van der Waals surface area contributed by atoms with Crippen LogP contribution >= 0.6 is 11.8 Å². The van der Waals surface area contributed by atoms with Gasteiger partial charge in [0, 0.05) is 17.9 Å². The molecule has 0 radical (unpaired) electrons. The van der Waals surface area contributed by atoms with Crippen molar-refractivity contribution in [3.8, 4) is 0 Å². The summed E-state index contributed by atoms with van der Waals surface area (Å²) in [7, 11) is 0. The molecule has 1 N–H and O–H groups in total. The third-order valence-electron chi connectivity index (χ3n) is 4.76. The predicted octanol–water partition coefficient (Wildman–Crippen LogP) is 4.23. The van der Waals surface area contributed by atoms with Gasteiger partial charge in [-0.25, -0.2) is 0 Å². The number of nitrogens with zero attached hydrogens (tertiary/aromatic N) is 1. The highest BCUT2D eigenvalue weighted by atomic mass is 32.2. The summed E-state index contributed by atoms with van der Waals surface area (Å²) in [6.45, 7) is 9.11. The highest BCUT2D eigenvalue weighted by Gasteiger charge is 2.42. The van der Waals surface area contributed by atoms with Crippen LogP contribution < -0.4 is 5.32 Å². The van der Waals surface area contributed by atoms with Crippen LogP contribution in [0.3, 0.4) is 0 Å². The zero-order valence-corrected chi connectivity index (χ0v) is 17.3. The Morgan fingerprint density at radius 3 is 2.65 bits per heavy atom. The van der Waals surface area contributed by atoms with Gasteiger partial charge in [-0.15, -0.1) is 11.8 Å². The summed E-state index contributed by atoms with van der Waals surface area (Å²) < 4.78 is 0. The molecule has 1 aromatic rings. The zero-order chi connectivity index (χ0) is 19.1. The molecule has 0 aliphatic carbocycles. The van der Waals surface area contributed by atoms with Crippen molar-refractivity contribution >= 4 is 23.6 Å². The Labute approximate surface area is 162 Å². The highest BCUT2D eigenvalue weighted by Crippen LogP contribution is 2.35. The molecule has 2 rings (SSSR count). The minimum atomic E-state index is -0.377. The number of benzene rings is 1. The van der Waals surface area contributed by atoms with Gasteiger partial charge in [0.1, 0.15) is 6.04 Å². The number of rotatable bonds is 8. The summed E-state index contributed by atoms with van der Waals surface area (Å²) in [5.74, 6) is 1.12. The molecule has 2 unspecified atom stereocenters. The fourth-order valence-electron chi connectivity index (χ4n) is 3.28. The van der Waals surface area contributed by atoms with E-state index >= 15 is 0 Å². The van der Waals surface area contributed by atoms with Crippen molar-refractivity contribution in [2.45, 2.75) is 64.8 Å². The first kappa shape index (κ1) is 20.8. The second kappa shape index (κ2) is 10.0. The van der Waals surface area contributed by atoms with Gasteiger partial charge < -0.3 is 10.2 Å². The molecule has 2 atom stereocenters. The van der Waals surface area contributed by atoms with Crippen molar-refractivity contribution in [1.29, 1.82) is 0 Å². The van der Waals surface area contributed by atoms with E-state index in [1.165, 1.54) is 0 Å². The van der Waals surface area contributed by atoms with Crippen molar-refractivity contribution in [2.75, 3.05) is 12.3 Å². The lowest BCUT2D eigenvalue weighted by molar-refractivity contribution is -0.124. The van der Waals surface area contributed by atoms with Crippen molar-refractivity contribution in [1.82, 2.24) is 10.2 Å². The molecule has 0 spiro atoms. The molecule has 2 amide bonds. The molecule has 1 aliphatic heterocycles. The molecule has 1 aliphatic rings. The van der Waals surface area contributed by atoms with Gasteiger partial charge in [0.15, 0.2) is 0 Å². The molecule has 1 aromatic carbocycles. The maximum atomic E-state index is 13.3. The molecule has 26 heavy (non-hydrogen) atoms. The van der Waals surface area contributed by atoms with E-state index in [1.807, 2.05) is 36.1 Å². The van der Waals surface area contributed by atoms with Crippen LogP contribution in [0, 0.1) is 12.8 Å². The van der Waals surface area contributed by atoms with Crippen LogP contribution in [0.4, 0.5) is 0 Å². The van der Waals surface area contributed by atoms with Gasteiger partial charge in [-0.3, -0.25) is 9.59 Å². The SMILES string of the molecule is CCCCCNC(=O)C1CSC(CC(C)C)N1C(=O)c1ccccc1C. The number of unbranched alkanes of at least 4 members (excludes halogenated alkanes) is 2. The number of amides is 2. The van der Waals surface area contributed by atoms with Crippen molar-refractivity contribution in [2.24, 2.45) is 5.92 Å². The maximum Gasteiger partial charge on any atom is 0.255 e. The fourth-order valence-corrected chi connectivity index (χ4v) is 4.92. The zero-order valence-electron chi connectivity index (χ0n) is 16.5. The van der Waals surface area contributed by atoms with Crippen molar-refractivity contribution in [3.05, 3.63) is 35.4 Å². The summed E-state index contributed by atoms with van der Waals surface area (Å²) >= 11 is 1.73. The minimum Gasteiger partial charge on any atom is -0.354 e. The number of hydrogen-bond acceptors (Lipinski definition) is 3. The molecule has 0 bridgehead atoms. The predicted molar refractivity (Wildman–Crippen MR) is 109 cm³/mol. The average molecular weight is 377 g/mol. The minimum absolute atomic E-state index is 0.0122. The summed E-state index contributed by atoms with van der Waals surface area (Å²) in [5.41, 5.74) is 1.66. The number of hydrogen-bond donors (Lipinski definition) is 1. The van der Waals surface area contributed by atoms with Gasteiger partial charge in [0.05, 0.1) is 5.37 Å². The summed E-state index contributed by atoms with van der Waals surface area (Å²) in [4.78, 5) is 27.9. The van der Waals surface area contributed by atoms with E-state index in [0.29, 0.717) is 23.8 Å². The van der Waals surface area contributed by atoms with E-state index in [2.05, 4.69) is 26.1 Å². The standard InChI is InChI=1S/C21H32N2O2S/c1-5-6-9-12-22-20(24)18-14-26-19(13-15(2)3)23(18)21(25)17-11-8-7-10-16(17)4/h7-8,10-11,15,18-19H,5-6,9,12-14H2,1-4H3,(H,22,24). The fraction of sp³-hybridized carbons (Fsp3) is 0.619. The Morgan fingerprint density at radius 1 is 1.27 bits per heavy atom. The lowest BCUT2D eigenvalue weighted by Gasteiger charge is -2.30. The molecule has 0 saturated carbocycles. The number of carbonyl (C=O) groups is 2. The molecule has 5 heteroatoms. The van der Waals surface area contributed by atoms with Crippen LogP contribution in [0.2, 0.25) is 0 Å². The molecule has 4 nitrogen and oxygen atoms in total.